The first-order valence-corrected chi connectivity index (χ1v) is 24.0. The maximum absolute atomic E-state index is 7.61. The summed E-state index contributed by atoms with van der Waals surface area (Å²) in [7, 11) is -0.812. The van der Waals surface area contributed by atoms with Crippen LogP contribution in [0.2, 0.25) is 33.7 Å². The average Bonchev–Trinajstić information content (AvgIpc) is 3.97. The van der Waals surface area contributed by atoms with E-state index in [-0.39, 0.29) is 7.92 Å². The summed E-state index contributed by atoms with van der Waals surface area (Å²) < 4.78 is 9.10. The number of hydrogen-bond donors (Lipinski definition) is 0. The van der Waals surface area contributed by atoms with E-state index in [1.54, 1.807) is 21.2 Å². The third-order valence-corrected chi connectivity index (χ3v) is 76.3. The fraction of sp³-hybridized carbons (Fsp3) is 0.333. The monoisotopic (exact) mass is 598 g/mol. The maximum atomic E-state index is 7.61. The molecule has 10 saturated heterocycles. The van der Waals surface area contributed by atoms with Gasteiger partial charge in [0.15, 0.2) is 0 Å². The van der Waals surface area contributed by atoms with E-state index in [0.717, 1.165) is 40.3 Å². The molecule has 10 fully saturated rings. The van der Waals surface area contributed by atoms with Crippen LogP contribution in [0, 0.1) is 0 Å². The van der Waals surface area contributed by atoms with Crippen LogP contribution in [0.3, 0.4) is 0 Å². The molecule has 0 radical (unpaired) electrons. The molecular formula is C36H32FeOP2. The summed E-state index contributed by atoms with van der Waals surface area (Å²) in [5.41, 5.74) is 0. The summed E-state index contributed by atoms with van der Waals surface area (Å²) in [5.74, 6) is 0. The van der Waals surface area contributed by atoms with Crippen LogP contribution in [0.5, 0.6) is 0 Å². The van der Waals surface area contributed by atoms with Gasteiger partial charge in [-0.1, -0.05) is 0 Å². The van der Waals surface area contributed by atoms with Gasteiger partial charge in [0, 0.05) is 0 Å². The molecule has 0 saturated carbocycles. The Morgan fingerprint density at radius 2 is 0.975 bits per heavy atom. The zero-order valence-corrected chi connectivity index (χ0v) is 25.3. The quantitative estimate of drug-likeness (QED) is 0.152. The SMILES string of the molecule is CCO[C]12[CH]3[CH]4[CH]5[C]1(P(c1ccccc1)c1ccccc1)[Fe]43521678[CH]2[CH]1[CH]6[C]7(P(c1ccccc1)c1ccccc1)[CH]28. The van der Waals surface area contributed by atoms with Gasteiger partial charge >= 0.3 is 229 Å². The van der Waals surface area contributed by atoms with Crippen LogP contribution in [0.15, 0.2) is 121 Å². The number of ether oxygens (including phenoxy) is 1. The Balaban J connectivity index is 1.14. The number of fused-ring (bicyclic) bond motifs is 10. The molecule has 14 rings (SSSR count). The van der Waals surface area contributed by atoms with Crippen molar-refractivity contribution in [1.82, 2.24) is 0 Å². The minimum absolute atomic E-state index is 0.317. The van der Waals surface area contributed by atoms with Crippen molar-refractivity contribution >= 4 is 37.1 Å². The molecular weight excluding hydrogens is 566 g/mol. The fourth-order valence-electron chi connectivity index (χ4n) is 21.6. The first-order chi connectivity index (χ1) is 19.6. The van der Waals surface area contributed by atoms with Crippen LogP contribution in [0.1, 0.15) is 6.92 Å². The normalized spacial score (nSPS) is 61.1. The van der Waals surface area contributed by atoms with E-state index in [4.69, 9.17) is 4.74 Å². The third kappa shape index (κ3) is 0.492. The van der Waals surface area contributed by atoms with Gasteiger partial charge in [-0.15, -0.1) is 0 Å². The van der Waals surface area contributed by atoms with Gasteiger partial charge in [-0.2, -0.15) is 0 Å². The predicted molar refractivity (Wildman–Crippen MR) is 164 cm³/mol. The van der Waals surface area contributed by atoms with E-state index >= 15 is 0 Å². The Hall–Kier alpha value is -1.78. The molecule has 1 nitrogen and oxygen atoms in total. The molecule has 0 bridgehead atoms. The van der Waals surface area contributed by atoms with Gasteiger partial charge in [-0.25, -0.2) is 0 Å². The van der Waals surface area contributed by atoms with Gasteiger partial charge in [0.1, 0.15) is 0 Å². The van der Waals surface area contributed by atoms with Gasteiger partial charge in [-0.3, -0.25) is 0 Å². The summed E-state index contributed by atoms with van der Waals surface area (Å²) >= 11 is 0. The zero-order chi connectivity index (χ0) is 25.9. The van der Waals surface area contributed by atoms with Crippen molar-refractivity contribution in [2.24, 2.45) is 0 Å². The second-order valence-electron chi connectivity index (χ2n) is 16.1. The zero-order valence-electron chi connectivity index (χ0n) is 22.5. The Labute approximate surface area is 228 Å². The average molecular weight is 598 g/mol. The second-order valence-corrected chi connectivity index (χ2v) is 44.6. The van der Waals surface area contributed by atoms with Crippen molar-refractivity contribution in [3.8, 4) is 0 Å². The van der Waals surface area contributed by atoms with E-state index in [0.29, 0.717) is 12.6 Å². The molecule has 0 aliphatic carbocycles. The first-order valence-electron chi connectivity index (χ1n) is 15.2. The number of rotatable bonds is 8. The third-order valence-electron chi connectivity index (χ3n) is 19.8. The Kier molecular flexibility index (Phi) is 1.65. The predicted octanol–water partition coefficient (Wildman–Crippen LogP) is 7.40. The molecule has 4 heteroatoms. The molecule has 4 aromatic carbocycles. The summed E-state index contributed by atoms with van der Waals surface area (Å²) in [6.07, 6.45) is 0. The van der Waals surface area contributed by atoms with Crippen LogP contribution in [-0.4, -0.2) is 19.2 Å². The molecule has 40 heavy (non-hydrogen) atoms. The molecule has 10 heterocycles. The Bertz CT molecular complexity index is 2200. The molecule has 0 N–H and O–H groups in total. The number of hydrogen-bond acceptors (Lipinski definition) is 1. The Morgan fingerprint density at radius 1 is 0.550 bits per heavy atom. The van der Waals surface area contributed by atoms with E-state index in [2.05, 4.69) is 128 Å². The van der Waals surface area contributed by atoms with Crippen LogP contribution < -0.4 is 21.2 Å². The van der Waals surface area contributed by atoms with Crippen LogP contribution >= 0.6 is 15.8 Å². The molecule has 200 valence electrons. The molecule has 4 aromatic rings. The van der Waals surface area contributed by atoms with E-state index in [1.165, 1.54) is 0 Å². The minimum atomic E-state index is -4.29. The summed E-state index contributed by atoms with van der Waals surface area (Å²) in [6.45, 7) is -1.05. The van der Waals surface area contributed by atoms with Gasteiger partial charge < -0.3 is 0 Å². The van der Waals surface area contributed by atoms with Crippen molar-refractivity contribution < 1.29 is 11.2 Å². The molecule has 0 aromatic heterocycles. The molecule has 0 amide bonds. The Morgan fingerprint density at radius 3 is 1.35 bits per heavy atom. The first kappa shape index (κ1) is 20.2. The molecule has 10 aliphatic rings. The van der Waals surface area contributed by atoms with Gasteiger partial charge in [-0.05, 0) is 0 Å². The van der Waals surface area contributed by atoms with Gasteiger partial charge in [0.25, 0.3) is 0 Å². The topological polar surface area (TPSA) is 9.23 Å². The van der Waals surface area contributed by atoms with Crippen LogP contribution in [0.4, 0.5) is 0 Å². The van der Waals surface area contributed by atoms with Crippen LogP contribution in [-0.2, 0) is 11.2 Å². The van der Waals surface area contributed by atoms with Gasteiger partial charge in [0.05, 0.1) is 0 Å². The van der Waals surface area contributed by atoms with E-state index in [9.17, 15) is 0 Å². The van der Waals surface area contributed by atoms with Crippen molar-refractivity contribution in [2.75, 3.05) is 6.61 Å². The van der Waals surface area contributed by atoms with Crippen LogP contribution in [0.25, 0.3) is 0 Å². The van der Waals surface area contributed by atoms with Crippen molar-refractivity contribution in [1.29, 1.82) is 0 Å². The molecule has 1 spiro atoms. The second kappa shape index (κ2) is 3.27. The summed E-state index contributed by atoms with van der Waals surface area (Å²) in [4.78, 5) is 7.72. The molecule has 10 aliphatic heterocycles. The van der Waals surface area contributed by atoms with E-state index < -0.39 is 14.4 Å². The summed E-state index contributed by atoms with van der Waals surface area (Å²) in [6, 6.07) is 47.6. The fourth-order valence-corrected chi connectivity index (χ4v) is 127. The molecule has 9 atom stereocenters. The standard InChI is InChI=1S/C19H18OP.C17H14P.Fe/c1-2-20-18-14-9-15-19(18)21(16-10-5-3-6-11-16)17-12-7-4-8-13-17;1-3-9-15(10-4-1)18(17-13-7-8-14-17)16-11-5-2-6-12-16;/h3-15H,2H2,1H3;1-14H;. The van der Waals surface area contributed by atoms with Crippen molar-refractivity contribution in [2.45, 2.75) is 53.2 Å². The van der Waals surface area contributed by atoms with Gasteiger partial charge in [0.2, 0.25) is 0 Å². The van der Waals surface area contributed by atoms with E-state index in [1.807, 2.05) is 0 Å². The van der Waals surface area contributed by atoms with Crippen molar-refractivity contribution in [3.63, 3.8) is 0 Å². The number of benzene rings is 4. The van der Waals surface area contributed by atoms with Crippen molar-refractivity contribution in [3.05, 3.63) is 121 Å². The molecule has 9 unspecified atom stereocenters. The summed E-state index contributed by atoms with van der Waals surface area (Å²) in [5, 5.41) is 6.63.